The number of allylic oxidation sites excluding steroid dienone is 1. The van der Waals surface area contributed by atoms with Crippen molar-refractivity contribution in [1.29, 1.82) is 0 Å². The number of carboxylic acids is 2. The summed E-state index contributed by atoms with van der Waals surface area (Å²) in [6.07, 6.45) is 0.560. The zero-order chi connectivity index (χ0) is 17.7. The summed E-state index contributed by atoms with van der Waals surface area (Å²) in [5.41, 5.74) is 0. The number of rotatable bonds is 6. The average molecular weight is 349 g/mol. The number of aliphatic carboxylic acids is 2. The fraction of sp³-hybridized carbons (Fsp3) is 0.571. The van der Waals surface area contributed by atoms with Crippen LogP contribution in [0.4, 0.5) is 0 Å². The SMILES string of the molecule is COC(=O)CC(C(=O)OC)C1CC(C(=O)O)C(C(=O)O)C=C1Cl. The van der Waals surface area contributed by atoms with E-state index in [2.05, 4.69) is 9.47 Å². The van der Waals surface area contributed by atoms with Gasteiger partial charge >= 0.3 is 23.9 Å². The van der Waals surface area contributed by atoms with Crippen LogP contribution in [0.1, 0.15) is 12.8 Å². The topological polar surface area (TPSA) is 127 Å². The van der Waals surface area contributed by atoms with Gasteiger partial charge in [-0.15, -0.1) is 0 Å². The molecule has 0 saturated carbocycles. The predicted molar refractivity (Wildman–Crippen MR) is 76.4 cm³/mol. The molecule has 4 atom stereocenters. The first-order valence-electron chi connectivity index (χ1n) is 6.70. The Morgan fingerprint density at radius 3 is 2.26 bits per heavy atom. The quantitative estimate of drug-likeness (QED) is 0.677. The Morgan fingerprint density at radius 2 is 1.83 bits per heavy atom. The number of esters is 2. The zero-order valence-corrected chi connectivity index (χ0v) is 13.3. The van der Waals surface area contributed by atoms with Gasteiger partial charge in [0.15, 0.2) is 0 Å². The first-order valence-corrected chi connectivity index (χ1v) is 7.08. The van der Waals surface area contributed by atoms with Gasteiger partial charge in [-0.2, -0.15) is 0 Å². The highest BCUT2D eigenvalue weighted by molar-refractivity contribution is 6.30. The number of hydrogen-bond acceptors (Lipinski definition) is 6. The average Bonchev–Trinajstić information content (AvgIpc) is 2.51. The maximum atomic E-state index is 11.9. The molecule has 128 valence electrons. The van der Waals surface area contributed by atoms with Gasteiger partial charge in [-0.3, -0.25) is 19.2 Å². The van der Waals surface area contributed by atoms with Gasteiger partial charge in [-0.05, 0) is 6.42 Å². The van der Waals surface area contributed by atoms with Gasteiger partial charge in [0, 0.05) is 11.0 Å². The number of carbonyl (C=O) groups is 4. The summed E-state index contributed by atoms with van der Waals surface area (Å²) in [7, 11) is 2.28. The van der Waals surface area contributed by atoms with Gasteiger partial charge in [0.25, 0.3) is 0 Å². The number of hydrogen-bond donors (Lipinski definition) is 2. The standard InChI is InChI=1S/C14H17ClO8/c1-22-11(16)5-9(14(21)23-2)6-3-7(12(17)18)8(13(19)20)4-10(6)15/h4,6-9H,3,5H2,1-2H3,(H,17,18)(H,19,20). The first kappa shape index (κ1) is 19.0. The van der Waals surface area contributed by atoms with Crippen LogP contribution in [0.15, 0.2) is 11.1 Å². The molecule has 0 saturated heterocycles. The van der Waals surface area contributed by atoms with Gasteiger partial charge < -0.3 is 19.7 Å². The zero-order valence-electron chi connectivity index (χ0n) is 12.5. The van der Waals surface area contributed by atoms with Crippen molar-refractivity contribution >= 4 is 35.5 Å². The van der Waals surface area contributed by atoms with E-state index in [1.165, 1.54) is 0 Å². The summed E-state index contributed by atoms with van der Waals surface area (Å²) >= 11 is 6.06. The Kier molecular flexibility index (Phi) is 6.56. The van der Waals surface area contributed by atoms with Gasteiger partial charge in [0.2, 0.25) is 0 Å². The third kappa shape index (κ3) is 4.44. The summed E-state index contributed by atoms with van der Waals surface area (Å²) in [6.45, 7) is 0. The molecule has 0 bridgehead atoms. The van der Waals surface area contributed by atoms with Crippen LogP contribution in [-0.4, -0.2) is 48.3 Å². The molecule has 1 rings (SSSR count). The van der Waals surface area contributed by atoms with E-state index < -0.39 is 47.5 Å². The summed E-state index contributed by atoms with van der Waals surface area (Å²) < 4.78 is 9.15. The van der Waals surface area contributed by atoms with Crippen molar-refractivity contribution in [1.82, 2.24) is 0 Å². The number of carboxylic acid groups (broad SMARTS) is 2. The smallest absolute Gasteiger partial charge is 0.311 e. The van der Waals surface area contributed by atoms with E-state index in [4.69, 9.17) is 16.7 Å². The van der Waals surface area contributed by atoms with Crippen molar-refractivity contribution in [3.05, 3.63) is 11.1 Å². The lowest BCUT2D eigenvalue weighted by Gasteiger charge is -2.32. The lowest BCUT2D eigenvalue weighted by molar-refractivity contribution is -0.156. The van der Waals surface area contributed by atoms with Crippen LogP contribution >= 0.6 is 11.6 Å². The Bertz CT molecular complexity index is 541. The van der Waals surface area contributed by atoms with Crippen molar-refractivity contribution in [3.8, 4) is 0 Å². The number of halogens is 1. The Labute approximate surface area is 137 Å². The fourth-order valence-electron chi connectivity index (χ4n) is 2.60. The molecule has 23 heavy (non-hydrogen) atoms. The van der Waals surface area contributed by atoms with Crippen LogP contribution in [0.25, 0.3) is 0 Å². The van der Waals surface area contributed by atoms with Crippen LogP contribution in [0.3, 0.4) is 0 Å². The van der Waals surface area contributed by atoms with Crippen molar-refractivity contribution in [2.24, 2.45) is 23.7 Å². The normalized spacial score (nSPS) is 25.0. The molecule has 4 unspecified atom stereocenters. The minimum Gasteiger partial charge on any atom is -0.481 e. The van der Waals surface area contributed by atoms with Gasteiger partial charge in [0.1, 0.15) is 0 Å². The highest BCUT2D eigenvalue weighted by Crippen LogP contribution is 2.41. The molecule has 0 aliphatic heterocycles. The molecule has 0 heterocycles. The van der Waals surface area contributed by atoms with Gasteiger partial charge in [-0.25, -0.2) is 0 Å². The maximum Gasteiger partial charge on any atom is 0.311 e. The second kappa shape index (κ2) is 7.96. The van der Waals surface area contributed by atoms with E-state index in [1.54, 1.807) is 0 Å². The molecule has 0 radical (unpaired) electrons. The highest BCUT2D eigenvalue weighted by atomic mass is 35.5. The second-order valence-corrected chi connectivity index (χ2v) is 5.55. The Balaban J connectivity index is 3.18. The van der Waals surface area contributed by atoms with Crippen molar-refractivity contribution in [2.45, 2.75) is 12.8 Å². The van der Waals surface area contributed by atoms with Gasteiger partial charge in [-0.1, -0.05) is 17.7 Å². The molecule has 1 aliphatic carbocycles. The first-order chi connectivity index (χ1) is 10.7. The van der Waals surface area contributed by atoms with Gasteiger partial charge in [0.05, 0.1) is 38.4 Å². The van der Waals surface area contributed by atoms with Crippen LogP contribution in [0, 0.1) is 23.7 Å². The molecule has 0 aromatic carbocycles. The molecule has 0 aromatic heterocycles. The van der Waals surface area contributed by atoms with E-state index >= 15 is 0 Å². The van der Waals surface area contributed by atoms with Crippen molar-refractivity contribution in [3.63, 3.8) is 0 Å². The Morgan fingerprint density at radius 1 is 1.22 bits per heavy atom. The molecular weight excluding hydrogens is 332 g/mol. The van der Waals surface area contributed by atoms with E-state index in [0.717, 1.165) is 20.3 Å². The lowest BCUT2D eigenvalue weighted by Crippen LogP contribution is -2.38. The summed E-state index contributed by atoms with van der Waals surface area (Å²) in [5.74, 6) is -8.51. The van der Waals surface area contributed by atoms with Crippen molar-refractivity contribution < 1.29 is 38.9 Å². The maximum absolute atomic E-state index is 11.9. The number of methoxy groups -OCH3 is 2. The van der Waals surface area contributed by atoms with Crippen LogP contribution in [0.5, 0.6) is 0 Å². The largest absolute Gasteiger partial charge is 0.481 e. The third-order valence-corrected chi connectivity index (χ3v) is 4.25. The number of carbonyl (C=O) groups excluding carboxylic acids is 2. The van der Waals surface area contributed by atoms with Crippen LogP contribution < -0.4 is 0 Å². The molecular formula is C14H17ClO8. The Hall–Kier alpha value is -2.09. The molecule has 0 amide bonds. The summed E-state index contributed by atoms with van der Waals surface area (Å²) in [5, 5.41) is 18.4. The molecule has 2 N–H and O–H groups in total. The van der Waals surface area contributed by atoms with E-state index in [0.29, 0.717) is 0 Å². The number of ether oxygens (including phenoxy) is 2. The monoisotopic (exact) mass is 348 g/mol. The minimum absolute atomic E-state index is 0.0224. The summed E-state index contributed by atoms with van der Waals surface area (Å²) in [6, 6.07) is 0. The third-order valence-electron chi connectivity index (χ3n) is 3.84. The molecule has 0 spiro atoms. The van der Waals surface area contributed by atoms with E-state index in [1.807, 2.05) is 0 Å². The minimum atomic E-state index is -1.32. The van der Waals surface area contributed by atoms with E-state index in [-0.39, 0.29) is 17.9 Å². The van der Waals surface area contributed by atoms with Crippen LogP contribution in [-0.2, 0) is 28.7 Å². The summed E-state index contributed by atoms with van der Waals surface area (Å²) in [4.78, 5) is 45.9. The molecule has 0 fully saturated rings. The highest BCUT2D eigenvalue weighted by Gasteiger charge is 2.44. The molecule has 8 nitrogen and oxygen atoms in total. The molecule has 0 aromatic rings. The van der Waals surface area contributed by atoms with Crippen LogP contribution in [0.2, 0.25) is 0 Å². The predicted octanol–water partition coefficient (Wildman–Crippen LogP) is 0.883. The fourth-order valence-corrected chi connectivity index (χ4v) is 2.98. The lowest BCUT2D eigenvalue weighted by atomic mass is 9.73. The second-order valence-electron chi connectivity index (χ2n) is 5.11. The van der Waals surface area contributed by atoms with Crippen molar-refractivity contribution in [2.75, 3.05) is 14.2 Å². The molecule has 9 heteroatoms. The molecule has 1 aliphatic rings. The van der Waals surface area contributed by atoms with E-state index in [9.17, 15) is 24.3 Å².